The number of rotatable bonds is 5. The van der Waals surface area contributed by atoms with E-state index in [0.29, 0.717) is 18.3 Å². The molecule has 2 aromatic rings. The summed E-state index contributed by atoms with van der Waals surface area (Å²) in [6.07, 6.45) is 9.41. The number of benzene rings is 1. The zero-order chi connectivity index (χ0) is 16.8. The maximum absolute atomic E-state index is 12.2. The van der Waals surface area contributed by atoms with E-state index in [1.165, 1.54) is 43.9 Å². The monoisotopic (exact) mass is 324 g/mol. The van der Waals surface area contributed by atoms with E-state index < -0.39 is 0 Å². The summed E-state index contributed by atoms with van der Waals surface area (Å²) in [6.45, 7) is 2.53. The highest BCUT2D eigenvalue weighted by atomic mass is 16.1. The number of nitrogens with zero attached hydrogens (tertiary/aromatic N) is 2. The van der Waals surface area contributed by atoms with Gasteiger partial charge in [-0.3, -0.25) is 4.79 Å². The van der Waals surface area contributed by atoms with Gasteiger partial charge in [-0.25, -0.2) is 9.97 Å². The number of carbonyl (C=O) groups excluding carboxylic acids is 1. The van der Waals surface area contributed by atoms with Crippen molar-refractivity contribution in [2.45, 2.75) is 51.6 Å². The first kappa shape index (κ1) is 16.4. The van der Waals surface area contributed by atoms with Crippen molar-refractivity contribution in [3.8, 4) is 0 Å². The summed E-state index contributed by atoms with van der Waals surface area (Å²) in [5.74, 6) is 0.547. The van der Waals surface area contributed by atoms with Crippen LogP contribution in [0.5, 0.6) is 0 Å². The minimum atomic E-state index is -0.201. The lowest BCUT2D eigenvalue weighted by Crippen LogP contribution is -2.25. The lowest BCUT2D eigenvalue weighted by Gasteiger charge is -2.23. The van der Waals surface area contributed by atoms with Gasteiger partial charge in [0.1, 0.15) is 11.5 Å². The van der Waals surface area contributed by atoms with Gasteiger partial charge in [-0.2, -0.15) is 0 Å². The van der Waals surface area contributed by atoms with Crippen LogP contribution in [0.1, 0.15) is 53.7 Å². The number of hydrogen-bond donors (Lipinski definition) is 2. The van der Waals surface area contributed by atoms with Crippen LogP contribution in [-0.2, 0) is 6.54 Å². The van der Waals surface area contributed by atoms with Crippen molar-refractivity contribution >= 4 is 11.7 Å². The second-order valence-corrected chi connectivity index (χ2v) is 6.44. The van der Waals surface area contributed by atoms with Gasteiger partial charge < -0.3 is 10.6 Å². The molecular formula is C19H24N4O. The Morgan fingerprint density at radius 3 is 2.71 bits per heavy atom. The fourth-order valence-electron chi connectivity index (χ4n) is 3.07. The van der Waals surface area contributed by atoms with Crippen LogP contribution >= 0.6 is 0 Å². The number of aromatic nitrogens is 2. The maximum atomic E-state index is 12.2. The van der Waals surface area contributed by atoms with Crippen LogP contribution in [0, 0.1) is 6.92 Å². The molecule has 0 atom stereocenters. The van der Waals surface area contributed by atoms with E-state index >= 15 is 0 Å². The van der Waals surface area contributed by atoms with Gasteiger partial charge in [-0.15, -0.1) is 0 Å². The van der Waals surface area contributed by atoms with E-state index in [9.17, 15) is 4.79 Å². The van der Waals surface area contributed by atoms with E-state index in [-0.39, 0.29) is 5.91 Å². The Hall–Kier alpha value is -2.43. The van der Waals surface area contributed by atoms with Crippen molar-refractivity contribution in [2.24, 2.45) is 0 Å². The summed E-state index contributed by atoms with van der Waals surface area (Å²) in [7, 11) is 0. The standard InChI is InChI=1S/C19H24N4O/c1-14-6-5-7-15(10-14)11-22-19(24)17-12-21-18(13-20-17)23-16-8-3-2-4-9-16/h5-7,10,12-13,16H,2-4,8-9,11H2,1H3,(H,21,23)(H,22,24). The average Bonchev–Trinajstić information content (AvgIpc) is 2.61. The van der Waals surface area contributed by atoms with Gasteiger partial charge in [0.15, 0.2) is 0 Å². The number of anilines is 1. The molecule has 126 valence electrons. The van der Waals surface area contributed by atoms with Crippen molar-refractivity contribution in [1.82, 2.24) is 15.3 Å². The molecule has 1 saturated carbocycles. The summed E-state index contributed by atoms with van der Waals surface area (Å²) < 4.78 is 0. The van der Waals surface area contributed by atoms with Crippen LogP contribution in [0.2, 0.25) is 0 Å². The summed E-state index contributed by atoms with van der Waals surface area (Å²) in [5.41, 5.74) is 2.60. The molecule has 3 rings (SSSR count). The first-order valence-electron chi connectivity index (χ1n) is 8.63. The van der Waals surface area contributed by atoms with Crippen LogP contribution in [0.15, 0.2) is 36.7 Å². The molecule has 0 bridgehead atoms. The highest BCUT2D eigenvalue weighted by Crippen LogP contribution is 2.20. The summed E-state index contributed by atoms with van der Waals surface area (Å²) in [6, 6.07) is 8.56. The molecule has 0 spiro atoms. The van der Waals surface area contributed by atoms with Crippen molar-refractivity contribution in [2.75, 3.05) is 5.32 Å². The molecule has 2 N–H and O–H groups in total. The fourth-order valence-corrected chi connectivity index (χ4v) is 3.07. The van der Waals surface area contributed by atoms with Crippen LogP contribution < -0.4 is 10.6 Å². The number of amides is 1. The maximum Gasteiger partial charge on any atom is 0.271 e. The lowest BCUT2D eigenvalue weighted by atomic mass is 9.96. The molecule has 0 radical (unpaired) electrons. The van der Waals surface area contributed by atoms with Crippen molar-refractivity contribution in [3.05, 3.63) is 53.5 Å². The fraction of sp³-hybridized carbons (Fsp3) is 0.421. The molecule has 1 aliphatic rings. The second kappa shape index (κ2) is 7.90. The van der Waals surface area contributed by atoms with Gasteiger partial charge in [-0.05, 0) is 25.3 Å². The Bertz CT molecular complexity index is 678. The lowest BCUT2D eigenvalue weighted by molar-refractivity contribution is 0.0945. The van der Waals surface area contributed by atoms with Gasteiger partial charge in [0.05, 0.1) is 12.4 Å². The van der Waals surface area contributed by atoms with E-state index in [1.54, 1.807) is 6.20 Å². The molecule has 1 fully saturated rings. The minimum Gasteiger partial charge on any atom is -0.366 e. The van der Waals surface area contributed by atoms with Crippen LogP contribution in [0.4, 0.5) is 5.82 Å². The topological polar surface area (TPSA) is 66.9 Å². The van der Waals surface area contributed by atoms with E-state index in [2.05, 4.69) is 26.7 Å². The number of aryl methyl sites for hydroxylation is 1. The predicted molar refractivity (Wildman–Crippen MR) is 94.9 cm³/mol. The quantitative estimate of drug-likeness (QED) is 0.884. The molecular weight excluding hydrogens is 300 g/mol. The number of carbonyl (C=O) groups is 1. The Morgan fingerprint density at radius 1 is 1.17 bits per heavy atom. The first-order chi connectivity index (χ1) is 11.7. The van der Waals surface area contributed by atoms with Crippen LogP contribution in [-0.4, -0.2) is 21.9 Å². The van der Waals surface area contributed by atoms with Crippen LogP contribution in [0.25, 0.3) is 0 Å². The number of hydrogen-bond acceptors (Lipinski definition) is 4. The van der Waals surface area contributed by atoms with Gasteiger partial charge in [0, 0.05) is 12.6 Å². The summed E-state index contributed by atoms with van der Waals surface area (Å²) >= 11 is 0. The smallest absolute Gasteiger partial charge is 0.271 e. The molecule has 1 aromatic carbocycles. The highest BCUT2D eigenvalue weighted by Gasteiger charge is 2.14. The van der Waals surface area contributed by atoms with Crippen molar-refractivity contribution in [1.29, 1.82) is 0 Å². The second-order valence-electron chi connectivity index (χ2n) is 6.44. The minimum absolute atomic E-state index is 0.201. The largest absolute Gasteiger partial charge is 0.366 e. The molecule has 1 heterocycles. The third kappa shape index (κ3) is 4.54. The predicted octanol–water partition coefficient (Wildman–Crippen LogP) is 3.46. The molecule has 0 saturated heterocycles. The Labute approximate surface area is 142 Å². The first-order valence-corrected chi connectivity index (χ1v) is 8.63. The average molecular weight is 324 g/mol. The zero-order valence-electron chi connectivity index (χ0n) is 14.1. The van der Waals surface area contributed by atoms with Crippen molar-refractivity contribution < 1.29 is 4.79 Å². The molecule has 5 nitrogen and oxygen atoms in total. The van der Waals surface area contributed by atoms with E-state index in [1.807, 2.05) is 25.1 Å². The molecule has 1 amide bonds. The van der Waals surface area contributed by atoms with E-state index in [0.717, 1.165) is 11.4 Å². The summed E-state index contributed by atoms with van der Waals surface area (Å²) in [5, 5.41) is 6.29. The zero-order valence-corrected chi connectivity index (χ0v) is 14.1. The van der Waals surface area contributed by atoms with Gasteiger partial charge in [-0.1, -0.05) is 49.1 Å². The molecule has 0 aliphatic heterocycles. The van der Waals surface area contributed by atoms with Crippen molar-refractivity contribution in [3.63, 3.8) is 0 Å². The molecule has 1 aliphatic carbocycles. The van der Waals surface area contributed by atoms with Gasteiger partial charge in [0.25, 0.3) is 5.91 Å². The van der Waals surface area contributed by atoms with Gasteiger partial charge >= 0.3 is 0 Å². The summed E-state index contributed by atoms with van der Waals surface area (Å²) in [4.78, 5) is 20.7. The third-order valence-corrected chi connectivity index (χ3v) is 4.38. The Kier molecular flexibility index (Phi) is 5.41. The molecule has 0 unspecified atom stereocenters. The Morgan fingerprint density at radius 2 is 2.00 bits per heavy atom. The van der Waals surface area contributed by atoms with Gasteiger partial charge in [0.2, 0.25) is 0 Å². The third-order valence-electron chi connectivity index (χ3n) is 4.38. The SMILES string of the molecule is Cc1cccc(CNC(=O)c2cnc(NC3CCCCC3)cn2)c1. The molecule has 1 aromatic heterocycles. The highest BCUT2D eigenvalue weighted by molar-refractivity contribution is 5.91. The molecule has 24 heavy (non-hydrogen) atoms. The molecule has 5 heteroatoms. The Balaban J connectivity index is 1.53. The normalized spacial score (nSPS) is 15.0. The van der Waals surface area contributed by atoms with E-state index in [4.69, 9.17) is 0 Å². The number of nitrogens with one attached hydrogen (secondary N) is 2. The van der Waals surface area contributed by atoms with Crippen LogP contribution in [0.3, 0.4) is 0 Å².